The fourth-order valence-electron chi connectivity index (χ4n) is 3.22. The van der Waals surface area contributed by atoms with Gasteiger partial charge in [0, 0.05) is 23.1 Å². The van der Waals surface area contributed by atoms with Crippen LogP contribution in [-0.2, 0) is 6.42 Å². The molecule has 0 saturated heterocycles. The first-order valence-electron chi connectivity index (χ1n) is 7.22. The van der Waals surface area contributed by atoms with Gasteiger partial charge in [0.2, 0.25) is 0 Å². The van der Waals surface area contributed by atoms with E-state index in [4.69, 9.17) is 0 Å². The molecule has 1 aliphatic rings. The monoisotopic (exact) mass is 262 g/mol. The van der Waals surface area contributed by atoms with Gasteiger partial charge in [-0.2, -0.15) is 0 Å². The van der Waals surface area contributed by atoms with Gasteiger partial charge >= 0.3 is 0 Å². The van der Waals surface area contributed by atoms with Crippen molar-refractivity contribution >= 4 is 10.9 Å². The average Bonchev–Trinajstić information content (AvgIpc) is 2.87. The maximum atomic E-state index is 3.64. The lowest BCUT2D eigenvalue weighted by Crippen LogP contribution is -2.30. The van der Waals surface area contributed by atoms with Crippen LogP contribution in [0.4, 0.5) is 0 Å². The molecule has 0 radical (unpaired) electrons. The fraction of sp³-hybridized carbons (Fsp3) is 0.222. The summed E-state index contributed by atoms with van der Waals surface area (Å²) in [6, 6.07) is 17.7. The molecule has 0 saturated carbocycles. The van der Waals surface area contributed by atoms with Crippen molar-refractivity contribution in [2.24, 2.45) is 0 Å². The second-order valence-electron chi connectivity index (χ2n) is 5.61. The molecule has 2 aromatic carbocycles. The third-order valence-electron chi connectivity index (χ3n) is 4.27. The maximum absolute atomic E-state index is 3.64. The van der Waals surface area contributed by atoms with Gasteiger partial charge in [0.15, 0.2) is 0 Å². The smallest absolute Gasteiger partial charge is 0.0732 e. The molecule has 1 atom stereocenters. The molecule has 4 rings (SSSR count). The molecular formula is C18H18N2. The molecule has 2 heterocycles. The first-order valence-corrected chi connectivity index (χ1v) is 7.22. The normalized spacial score (nSPS) is 18.1. The number of nitrogens with one attached hydrogen (secondary N) is 2. The maximum Gasteiger partial charge on any atom is 0.0732 e. The summed E-state index contributed by atoms with van der Waals surface area (Å²) in [7, 11) is 0. The van der Waals surface area contributed by atoms with Crippen LogP contribution in [0.5, 0.6) is 0 Å². The van der Waals surface area contributed by atoms with Crippen molar-refractivity contribution in [2.75, 3.05) is 6.54 Å². The standard InChI is InChI=1S/C18H18N2/c1-12-6-8-13(9-7-12)17-18-15(10-11-19-17)14-4-2-3-5-16(14)20-18/h2-9,17,19-20H,10-11H2,1H3/t17-/m0/s1. The van der Waals surface area contributed by atoms with E-state index in [1.807, 2.05) is 0 Å². The number of fused-ring (bicyclic) bond motifs is 3. The molecule has 1 aliphatic heterocycles. The quantitative estimate of drug-likeness (QED) is 0.687. The Morgan fingerprint density at radius 3 is 2.65 bits per heavy atom. The zero-order valence-electron chi connectivity index (χ0n) is 11.6. The van der Waals surface area contributed by atoms with Gasteiger partial charge in [-0.15, -0.1) is 0 Å². The lowest BCUT2D eigenvalue weighted by molar-refractivity contribution is 0.560. The van der Waals surface area contributed by atoms with E-state index < -0.39 is 0 Å². The number of H-pyrrole nitrogens is 1. The molecule has 1 aromatic heterocycles. The zero-order valence-corrected chi connectivity index (χ0v) is 11.6. The Hall–Kier alpha value is -2.06. The number of benzene rings is 2. The van der Waals surface area contributed by atoms with Gasteiger partial charge < -0.3 is 10.3 Å². The average molecular weight is 262 g/mol. The summed E-state index contributed by atoms with van der Waals surface area (Å²) >= 11 is 0. The number of aromatic amines is 1. The minimum absolute atomic E-state index is 0.284. The highest BCUT2D eigenvalue weighted by Crippen LogP contribution is 2.33. The Labute approximate surface area is 118 Å². The molecular weight excluding hydrogens is 244 g/mol. The molecule has 0 spiro atoms. The highest BCUT2D eigenvalue weighted by molar-refractivity contribution is 5.85. The fourth-order valence-corrected chi connectivity index (χ4v) is 3.22. The van der Waals surface area contributed by atoms with E-state index in [2.05, 4.69) is 65.8 Å². The third kappa shape index (κ3) is 1.76. The summed E-state index contributed by atoms with van der Waals surface area (Å²) in [5, 5.41) is 5.02. The minimum Gasteiger partial charge on any atom is -0.357 e. The molecule has 20 heavy (non-hydrogen) atoms. The van der Waals surface area contributed by atoms with E-state index in [1.165, 1.54) is 33.3 Å². The van der Waals surface area contributed by atoms with Crippen molar-refractivity contribution in [1.82, 2.24) is 10.3 Å². The Morgan fingerprint density at radius 1 is 1.00 bits per heavy atom. The number of hydrogen-bond donors (Lipinski definition) is 2. The lowest BCUT2D eigenvalue weighted by atomic mass is 9.94. The van der Waals surface area contributed by atoms with Crippen LogP contribution in [0.2, 0.25) is 0 Å². The SMILES string of the molecule is Cc1ccc([C@@H]2NCCc3c2[nH]c2ccccc32)cc1. The Bertz CT molecular complexity index is 753. The van der Waals surface area contributed by atoms with E-state index >= 15 is 0 Å². The second-order valence-corrected chi connectivity index (χ2v) is 5.61. The van der Waals surface area contributed by atoms with Crippen LogP contribution in [0.15, 0.2) is 48.5 Å². The van der Waals surface area contributed by atoms with Gasteiger partial charge in [0.1, 0.15) is 0 Å². The first-order chi connectivity index (χ1) is 9.83. The molecule has 0 amide bonds. The van der Waals surface area contributed by atoms with Gasteiger partial charge in [-0.05, 0) is 30.5 Å². The van der Waals surface area contributed by atoms with Gasteiger partial charge in [-0.25, -0.2) is 0 Å². The second kappa shape index (κ2) is 4.50. The van der Waals surface area contributed by atoms with Crippen molar-refractivity contribution in [2.45, 2.75) is 19.4 Å². The Kier molecular flexibility index (Phi) is 2.64. The molecule has 2 heteroatoms. The minimum atomic E-state index is 0.284. The molecule has 2 N–H and O–H groups in total. The van der Waals surface area contributed by atoms with Crippen LogP contribution in [-0.4, -0.2) is 11.5 Å². The summed E-state index contributed by atoms with van der Waals surface area (Å²) in [5.74, 6) is 0. The largest absolute Gasteiger partial charge is 0.357 e. The molecule has 2 nitrogen and oxygen atoms in total. The number of hydrogen-bond acceptors (Lipinski definition) is 1. The summed E-state index contributed by atoms with van der Waals surface area (Å²) in [4.78, 5) is 3.62. The highest BCUT2D eigenvalue weighted by Gasteiger charge is 2.24. The van der Waals surface area contributed by atoms with E-state index in [0.717, 1.165) is 13.0 Å². The number of aryl methyl sites for hydroxylation is 1. The molecule has 0 unspecified atom stereocenters. The van der Waals surface area contributed by atoms with Gasteiger partial charge in [0.05, 0.1) is 6.04 Å². The van der Waals surface area contributed by atoms with Crippen molar-refractivity contribution in [1.29, 1.82) is 0 Å². The van der Waals surface area contributed by atoms with Gasteiger partial charge in [0.25, 0.3) is 0 Å². The van der Waals surface area contributed by atoms with E-state index in [9.17, 15) is 0 Å². The first kappa shape index (κ1) is 11.7. The van der Waals surface area contributed by atoms with Crippen molar-refractivity contribution < 1.29 is 0 Å². The summed E-state index contributed by atoms with van der Waals surface area (Å²) in [6.07, 6.45) is 1.10. The summed E-state index contributed by atoms with van der Waals surface area (Å²) < 4.78 is 0. The van der Waals surface area contributed by atoms with E-state index in [1.54, 1.807) is 0 Å². The van der Waals surface area contributed by atoms with Crippen molar-refractivity contribution in [3.63, 3.8) is 0 Å². The van der Waals surface area contributed by atoms with Crippen molar-refractivity contribution in [3.05, 3.63) is 70.9 Å². The van der Waals surface area contributed by atoms with Crippen LogP contribution >= 0.6 is 0 Å². The predicted octanol–water partition coefficient (Wildman–Crippen LogP) is 3.71. The van der Waals surface area contributed by atoms with Crippen molar-refractivity contribution in [3.8, 4) is 0 Å². The predicted molar refractivity (Wildman–Crippen MR) is 83.0 cm³/mol. The number of rotatable bonds is 1. The van der Waals surface area contributed by atoms with Crippen LogP contribution in [0.25, 0.3) is 10.9 Å². The highest BCUT2D eigenvalue weighted by atomic mass is 15.0. The summed E-state index contributed by atoms with van der Waals surface area (Å²) in [5.41, 5.74) is 6.70. The molecule has 100 valence electrons. The van der Waals surface area contributed by atoms with Gasteiger partial charge in [-0.1, -0.05) is 48.0 Å². The molecule has 3 aromatic rings. The Balaban J connectivity index is 1.87. The molecule has 0 bridgehead atoms. The van der Waals surface area contributed by atoms with E-state index in [0.29, 0.717) is 0 Å². The lowest BCUT2D eigenvalue weighted by Gasteiger charge is -2.25. The number of para-hydroxylation sites is 1. The number of aromatic nitrogens is 1. The molecule has 0 fully saturated rings. The van der Waals surface area contributed by atoms with Crippen LogP contribution < -0.4 is 5.32 Å². The van der Waals surface area contributed by atoms with Crippen LogP contribution in [0.3, 0.4) is 0 Å². The third-order valence-corrected chi connectivity index (χ3v) is 4.27. The van der Waals surface area contributed by atoms with Crippen LogP contribution in [0, 0.1) is 6.92 Å². The topological polar surface area (TPSA) is 27.8 Å². The Morgan fingerprint density at radius 2 is 1.80 bits per heavy atom. The zero-order chi connectivity index (χ0) is 13.5. The van der Waals surface area contributed by atoms with Crippen LogP contribution in [0.1, 0.15) is 28.4 Å². The van der Waals surface area contributed by atoms with Gasteiger partial charge in [-0.3, -0.25) is 0 Å². The molecule has 0 aliphatic carbocycles. The van der Waals surface area contributed by atoms with E-state index in [-0.39, 0.29) is 6.04 Å². The summed E-state index contributed by atoms with van der Waals surface area (Å²) in [6.45, 7) is 3.17.